The van der Waals surface area contributed by atoms with Gasteiger partial charge in [0.25, 0.3) is 0 Å². The molecule has 18 heavy (non-hydrogen) atoms. The second-order valence-corrected chi connectivity index (χ2v) is 4.81. The summed E-state index contributed by atoms with van der Waals surface area (Å²) in [7, 11) is 0. The molecule has 0 bridgehead atoms. The maximum atomic E-state index is 11.6. The number of nitrogens with zero attached hydrogens (tertiary/aromatic N) is 2. The Bertz CT molecular complexity index is 379. The predicted octanol–water partition coefficient (Wildman–Crippen LogP) is 1.89. The largest absolute Gasteiger partial charge is 0.382 e. The van der Waals surface area contributed by atoms with Crippen molar-refractivity contribution in [1.29, 1.82) is 0 Å². The van der Waals surface area contributed by atoms with E-state index in [1.165, 1.54) is 0 Å². The van der Waals surface area contributed by atoms with E-state index in [-0.39, 0.29) is 5.91 Å². The highest BCUT2D eigenvalue weighted by Gasteiger charge is 2.06. The summed E-state index contributed by atoms with van der Waals surface area (Å²) in [5.74, 6) is 0.0533. The van der Waals surface area contributed by atoms with Gasteiger partial charge in [-0.3, -0.25) is 9.48 Å². The predicted molar refractivity (Wildman–Crippen MR) is 73.4 cm³/mol. The van der Waals surface area contributed by atoms with Crippen LogP contribution in [0.2, 0.25) is 0 Å². The van der Waals surface area contributed by atoms with Crippen LogP contribution in [0.5, 0.6) is 0 Å². The molecular formula is C12H20BrN3O2. The maximum absolute atomic E-state index is 11.6. The lowest BCUT2D eigenvalue weighted by atomic mass is 10.3. The number of rotatable bonds is 8. The van der Waals surface area contributed by atoms with Gasteiger partial charge >= 0.3 is 0 Å². The normalized spacial score (nSPS) is 10.6. The fraction of sp³-hybridized carbons (Fsp3) is 0.667. The van der Waals surface area contributed by atoms with E-state index in [9.17, 15) is 4.79 Å². The lowest BCUT2D eigenvalue weighted by Gasteiger charge is -2.06. The third-order valence-electron chi connectivity index (χ3n) is 2.59. The first-order valence-corrected chi connectivity index (χ1v) is 6.96. The molecule has 5 nitrogen and oxygen atoms in total. The van der Waals surface area contributed by atoms with Crippen LogP contribution in [0.3, 0.4) is 0 Å². The van der Waals surface area contributed by atoms with Gasteiger partial charge in [-0.1, -0.05) is 0 Å². The molecule has 102 valence electrons. The van der Waals surface area contributed by atoms with Gasteiger partial charge in [0.2, 0.25) is 5.91 Å². The molecule has 0 unspecified atom stereocenters. The molecule has 1 amide bonds. The number of aromatic nitrogens is 2. The lowest BCUT2D eigenvalue weighted by molar-refractivity contribution is -0.121. The van der Waals surface area contributed by atoms with Crippen molar-refractivity contribution in [3.8, 4) is 0 Å². The molecule has 1 N–H and O–H groups in total. The molecule has 0 fully saturated rings. The molecule has 1 aromatic heterocycles. The van der Waals surface area contributed by atoms with Gasteiger partial charge in [-0.15, -0.1) is 0 Å². The lowest BCUT2D eigenvalue weighted by Crippen LogP contribution is -2.26. The summed E-state index contributed by atoms with van der Waals surface area (Å²) < 4.78 is 7.99. The highest BCUT2D eigenvalue weighted by atomic mass is 79.9. The standard InChI is InChI=1S/C12H20BrN3O2/c1-3-18-8-4-6-14-12(17)5-7-16-10(2)11(13)9-15-16/h9H,3-8H2,1-2H3,(H,14,17). The van der Waals surface area contributed by atoms with Crippen LogP contribution in [0.25, 0.3) is 0 Å². The maximum Gasteiger partial charge on any atom is 0.221 e. The van der Waals surface area contributed by atoms with Gasteiger partial charge in [0.1, 0.15) is 0 Å². The van der Waals surface area contributed by atoms with Crippen LogP contribution in [-0.2, 0) is 16.1 Å². The van der Waals surface area contributed by atoms with Gasteiger partial charge in [-0.05, 0) is 36.2 Å². The monoisotopic (exact) mass is 317 g/mol. The summed E-state index contributed by atoms with van der Waals surface area (Å²) in [5.41, 5.74) is 1.04. The van der Waals surface area contributed by atoms with Crippen molar-refractivity contribution in [2.45, 2.75) is 33.2 Å². The number of nitrogens with one attached hydrogen (secondary N) is 1. The number of carbonyl (C=O) groups excluding carboxylic acids is 1. The Kier molecular flexibility index (Phi) is 6.97. The molecule has 0 aliphatic rings. The van der Waals surface area contributed by atoms with Crippen molar-refractivity contribution < 1.29 is 9.53 Å². The van der Waals surface area contributed by atoms with Gasteiger partial charge in [0.15, 0.2) is 0 Å². The van der Waals surface area contributed by atoms with Crippen molar-refractivity contribution in [2.75, 3.05) is 19.8 Å². The van der Waals surface area contributed by atoms with Crippen LogP contribution >= 0.6 is 15.9 Å². The van der Waals surface area contributed by atoms with Crippen molar-refractivity contribution in [2.24, 2.45) is 0 Å². The number of amides is 1. The van der Waals surface area contributed by atoms with E-state index in [0.717, 1.165) is 23.2 Å². The molecule has 0 radical (unpaired) electrons. The molecular weight excluding hydrogens is 298 g/mol. The highest BCUT2D eigenvalue weighted by molar-refractivity contribution is 9.10. The van der Waals surface area contributed by atoms with Crippen molar-refractivity contribution in [3.63, 3.8) is 0 Å². The summed E-state index contributed by atoms with van der Waals surface area (Å²) in [6.45, 7) is 6.62. The minimum Gasteiger partial charge on any atom is -0.382 e. The highest BCUT2D eigenvalue weighted by Crippen LogP contribution is 2.14. The Labute approximate surface area is 116 Å². The Hall–Kier alpha value is -0.880. The molecule has 6 heteroatoms. The van der Waals surface area contributed by atoms with Gasteiger partial charge in [-0.2, -0.15) is 5.10 Å². The average Bonchev–Trinajstić information content (AvgIpc) is 2.67. The average molecular weight is 318 g/mol. The van der Waals surface area contributed by atoms with Crippen LogP contribution in [0, 0.1) is 6.92 Å². The zero-order valence-corrected chi connectivity index (χ0v) is 12.5. The summed E-state index contributed by atoms with van der Waals surface area (Å²) in [5, 5.41) is 7.04. The molecule has 0 saturated heterocycles. The summed E-state index contributed by atoms with van der Waals surface area (Å²) in [6, 6.07) is 0. The fourth-order valence-electron chi connectivity index (χ4n) is 1.49. The number of halogens is 1. The molecule has 0 aromatic carbocycles. The zero-order chi connectivity index (χ0) is 13.4. The van der Waals surface area contributed by atoms with Crippen LogP contribution in [0.1, 0.15) is 25.5 Å². The van der Waals surface area contributed by atoms with E-state index in [0.29, 0.717) is 26.1 Å². The summed E-state index contributed by atoms with van der Waals surface area (Å²) >= 11 is 3.39. The molecule has 1 aromatic rings. The second kappa shape index (κ2) is 8.26. The number of hydrogen-bond donors (Lipinski definition) is 1. The Morgan fingerprint density at radius 1 is 1.61 bits per heavy atom. The van der Waals surface area contributed by atoms with Gasteiger partial charge in [0.05, 0.1) is 10.7 Å². The SMILES string of the molecule is CCOCCCNC(=O)CCn1ncc(Br)c1C. The van der Waals surface area contributed by atoms with Gasteiger partial charge in [0, 0.05) is 38.4 Å². The molecule has 1 heterocycles. The zero-order valence-electron chi connectivity index (χ0n) is 10.9. The minimum atomic E-state index is 0.0533. The van der Waals surface area contributed by atoms with Crippen molar-refractivity contribution in [3.05, 3.63) is 16.4 Å². The van der Waals surface area contributed by atoms with Crippen molar-refractivity contribution >= 4 is 21.8 Å². The molecule has 0 spiro atoms. The molecule has 0 aliphatic heterocycles. The Balaban J connectivity index is 2.15. The van der Waals surface area contributed by atoms with Crippen LogP contribution < -0.4 is 5.32 Å². The number of hydrogen-bond acceptors (Lipinski definition) is 3. The number of aryl methyl sites for hydroxylation is 1. The first-order valence-electron chi connectivity index (χ1n) is 6.17. The smallest absolute Gasteiger partial charge is 0.221 e. The van der Waals surface area contributed by atoms with E-state index in [2.05, 4.69) is 26.3 Å². The first kappa shape index (κ1) is 15.2. The van der Waals surface area contributed by atoms with E-state index in [1.54, 1.807) is 6.20 Å². The Morgan fingerprint density at radius 2 is 2.39 bits per heavy atom. The van der Waals surface area contributed by atoms with Crippen molar-refractivity contribution in [1.82, 2.24) is 15.1 Å². The number of ether oxygens (including phenoxy) is 1. The Morgan fingerprint density at radius 3 is 3.00 bits per heavy atom. The topological polar surface area (TPSA) is 56.1 Å². The van der Waals surface area contributed by atoms with E-state index < -0.39 is 0 Å². The first-order chi connectivity index (χ1) is 8.65. The van der Waals surface area contributed by atoms with E-state index in [4.69, 9.17) is 4.74 Å². The van der Waals surface area contributed by atoms with E-state index >= 15 is 0 Å². The summed E-state index contributed by atoms with van der Waals surface area (Å²) in [4.78, 5) is 11.6. The molecule has 1 rings (SSSR count). The van der Waals surface area contributed by atoms with Crippen LogP contribution in [0.4, 0.5) is 0 Å². The minimum absolute atomic E-state index is 0.0533. The molecule has 0 saturated carbocycles. The summed E-state index contributed by atoms with van der Waals surface area (Å²) in [6.07, 6.45) is 3.05. The van der Waals surface area contributed by atoms with Gasteiger partial charge < -0.3 is 10.1 Å². The van der Waals surface area contributed by atoms with Crippen LogP contribution in [-0.4, -0.2) is 35.4 Å². The fourth-order valence-corrected chi connectivity index (χ4v) is 1.79. The quantitative estimate of drug-likeness (QED) is 0.745. The third-order valence-corrected chi connectivity index (χ3v) is 3.36. The van der Waals surface area contributed by atoms with Gasteiger partial charge in [-0.25, -0.2) is 0 Å². The molecule has 0 aliphatic carbocycles. The number of carbonyl (C=O) groups is 1. The van der Waals surface area contributed by atoms with E-state index in [1.807, 2.05) is 18.5 Å². The third kappa shape index (κ3) is 5.18. The second-order valence-electron chi connectivity index (χ2n) is 3.95. The molecule has 0 atom stereocenters. The van der Waals surface area contributed by atoms with Crippen LogP contribution in [0.15, 0.2) is 10.7 Å².